The van der Waals surface area contributed by atoms with E-state index in [4.69, 9.17) is 32.7 Å². The maximum Gasteiger partial charge on any atom is 0.336 e. The molecule has 35 heavy (non-hydrogen) atoms. The predicted molar refractivity (Wildman–Crippen MR) is 129 cm³/mol. The Balaban J connectivity index is 2.35. The molecule has 3 unspecified atom stereocenters. The van der Waals surface area contributed by atoms with Crippen molar-refractivity contribution in [3.8, 4) is 0 Å². The van der Waals surface area contributed by atoms with Crippen LogP contribution >= 0.6 is 23.2 Å². The van der Waals surface area contributed by atoms with Crippen LogP contribution < -0.4 is 5.32 Å². The zero-order valence-corrected chi connectivity index (χ0v) is 20.7. The third kappa shape index (κ3) is 5.12. The van der Waals surface area contributed by atoms with Crippen LogP contribution in [0.15, 0.2) is 53.7 Å². The normalized spacial score (nSPS) is 21.8. The van der Waals surface area contributed by atoms with Crippen LogP contribution in [0.1, 0.15) is 37.8 Å². The maximum absolute atomic E-state index is 13.4. The van der Waals surface area contributed by atoms with E-state index in [1.54, 1.807) is 20.8 Å². The standard InChI is InChI=1S/C24H24Cl2N2O7/c1-4-34-22(29)19-13(3)27-24(31,15-9-10-17(25)18(26)12-15)21(23(30)35-5-2)20(19)14-7-6-8-16(11-14)28(32)33/h6-12,20-21,27,31H,4-5H2,1-3H3. The van der Waals surface area contributed by atoms with Crippen molar-refractivity contribution in [2.24, 2.45) is 5.92 Å². The number of allylic oxidation sites excluding steroid dienone is 1. The minimum atomic E-state index is -2.12. The molecule has 0 saturated carbocycles. The van der Waals surface area contributed by atoms with Gasteiger partial charge in [-0.15, -0.1) is 0 Å². The summed E-state index contributed by atoms with van der Waals surface area (Å²) in [6, 6.07) is 9.87. The smallest absolute Gasteiger partial charge is 0.336 e. The van der Waals surface area contributed by atoms with Gasteiger partial charge < -0.3 is 19.9 Å². The molecule has 1 heterocycles. The van der Waals surface area contributed by atoms with E-state index in [1.165, 1.54) is 42.5 Å². The number of esters is 2. The first-order chi connectivity index (χ1) is 16.5. The highest BCUT2D eigenvalue weighted by molar-refractivity contribution is 6.42. The highest BCUT2D eigenvalue weighted by Gasteiger charge is 2.55. The minimum absolute atomic E-state index is 0.00805. The predicted octanol–water partition coefficient (Wildman–Crippen LogP) is 4.45. The fourth-order valence-corrected chi connectivity index (χ4v) is 4.57. The van der Waals surface area contributed by atoms with Crippen molar-refractivity contribution in [3.05, 3.63) is 85.0 Å². The fraction of sp³-hybridized carbons (Fsp3) is 0.333. The Morgan fingerprint density at radius 2 is 1.80 bits per heavy atom. The summed E-state index contributed by atoms with van der Waals surface area (Å²) in [5.74, 6) is -4.18. The molecular formula is C24H24Cl2N2O7. The fourth-order valence-electron chi connectivity index (χ4n) is 4.28. The lowest BCUT2D eigenvalue weighted by atomic mass is 9.69. The second-order valence-electron chi connectivity index (χ2n) is 7.84. The second kappa shape index (κ2) is 10.6. The highest BCUT2D eigenvalue weighted by Crippen LogP contribution is 2.48. The number of hydrogen-bond acceptors (Lipinski definition) is 8. The molecule has 3 rings (SSSR count). The lowest BCUT2D eigenvalue weighted by Gasteiger charge is -2.45. The molecule has 0 aliphatic carbocycles. The number of halogens is 2. The molecule has 0 fully saturated rings. The van der Waals surface area contributed by atoms with Gasteiger partial charge in [-0.3, -0.25) is 14.9 Å². The lowest BCUT2D eigenvalue weighted by molar-refractivity contribution is -0.384. The van der Waals surface area contributed by atoms with E-state index in [1.807, 2.05) is 0 Å². The highest BCUT2D eigenvalue weighted by atomic mass is 35.5. The average Bonchev–Trinajstić information content (AvgIpc) is 2.80. The van der Waals surface area contributed by atoms with E-state index in [2.05, 4.69) is 5.32 Å². The number of carbonyl (C=O) groups excluding carboxylic acids is 2. The van der Waals surface area contributed by atoms with E-state index >= 15 is 0 Å². The van der Waals surface area contributed by atoms with Gasteiger partial charge in [-0.05, 0) is 38.5 Å². The number of non-ortho nitro benzene ring substituents is 1. The molecule has 3 atom stereocenters. The molecular weight excluding hydrogens is 499 g/mol. The van der Waals surface area contributed by atoms with Crippen molar-refractivity contribution in [2.75, 3.05) is 13.2 Å². The summed E-state index contributed by atoms with van der Waals surface area (Å²) in [7, 11) is 0. The number of ether oxygens (including phenoxy) is 2. The van der Waals surface area contributed by atoms with Gasteiger partial charge in [0.05, 0.1) is 33.8 Å². The van der Waals surface area contributed by atoms with E-state index in [0.717, 1.165) is 0 Å². The first-order valence-electron chi connectivity index (χ1n) is 10.8. The van der Waals surface area contributed by atoms with Crippen LogP contribution in [0, 0.1) is 16.0 Å². The van der Waals surface area contributed by atoms with Crippen molar-refractivity contribution >= 4 is 40.8 Å². The molecule has 11 heteroatoms. The summed E-state index contributed by atoms with van der Waals surface area (Å²) >= 11 is 12.3. The van der Waals surface area contributed by atoms with Crippen LogP contribution in [0.4, 0.5) is 5.69 Å². The minimum Gasteiger partial charge on any atom is -0.466 e. The zero-order chi connectivity index (χ0) is 25.9. The number of nitro groups is 1. The number of aliphatic hydroxyl groups is 1. The summed E-state index contributed by atoms with van der Waals surface area (Å²) in [4.78, 5) is 37.3. The van der Waals surface area contributed by atoms with Gasteiger partial charge in [-0.1, -0.05) is 41.4 Å². The molecule has 9 nitrogen and oxygen atoms in total. The van der Waals surface area contributed by atoms with Crippen LogP contribution in [0.2, 0.25) is 10.0 Å². The largest absolute Gasteiger partial charge is 0.466 e. The van der Waals surface area contributed by atoms with E-state index < -0.39 is 34.4 Å². The van der Waals surface area contributed by atoms with Crippen LogP contribution in [-0.2, 0) is 24.8 Å². The summed E-state index contributed by atoms with van der Waals surface area (Å²) in [6.45, 7) is 4.81. The first-order valence-corrected chi connectivity index (χ1v) is 11.6. The maximum atomic E-state index is 13.4. The summed E-state index contributed by atoms with van der Waals surface area (Å²) in [6.07, 6.45) is 0. The van der Waals surface area contributed by atoms with Crippen LogP contribution in [0.25, 0.3) is 0 Å². The molecule has 0 spiro atoms. The van der Waals surface area contributed by atoms with Gasteiger partial charge in [-0.25, -0.2) is 4.79 Å². The van der Waals surface area contributed by atoms with Crippen LogP contribution in [0.5, 0.6) is 0 Å². The molecule has 1 aliphatic rings. The zero-order valence-electron chi connectivity index (χ0n) is 19.2. The Kier molecular flexibility index (Phi) is 8.04. The van der Waals surface area contributed by atoms with Gasteiger partial charge in [0.25, 0.3) is 5.69 Å². The SMILES string of the molecule is CCOC(=O)C1=C(C)NC(O)(c2ccc(Cl)c(Cl)c2)C(C(=O)OCC)C1c1cccc([N+](=O)[O-])c1. The second-order valence-corrected chi connectivity index (χ2v) is 8.65. The molecule has 0 saturated heterocycles. The van der Waals surface area contributed by atoms with Gasteiger partial charge >= 0.3 is 11.9 Å². The first kappa shape index (κ1) is 26.5. The molecule has 2 N–H and O–H groups in total. The number of nitrogens with one attached hydrogen (secondary N) is 1. The molecule has 0 aromatic heterocycles. The quantitative estimate of drug-likeness (QED) is 0.310. The number of rotatable bonds is 7. The van der Waals surface area contributed by atoms with Crippen molar-refractivity contribution < 1.29 is 29.1 Å². The Hall–Kier alpha value is -3.14. The monoisotopic (exact) mass is 522 g/mol. The molecule has 0 radical (unpaired) electrons. The molecule has 0 amide bonds. The number of carbonyl (C=O) groups is 2. The van der Waals surface area contributed by atoms with Gasteiger partial charge in [-0.2, -0.15) is 0 Å². The van der Waals surface area contributed by atoms with Crippen molar-refractivity contribution in [2.45, 2.75) is 32.4 Å². The Morgan fingerprint density at radius 1 is 1.11 bits per heavy atom. The number of nitrogens with zero attached hydrogens (tertiary/aromatic N) is 1. The Morgan fingerprint density at radius 3 is 2.40 bits per heavy atom. The van der Waals surface area contributed by atoms with Gasteiger partial charge in [0.1, 0.15) is 5.92 Å². The molecule has 186 valence electrons. The summed E-state index contributed by atoms with van der Waals surface area (Å²) in [5, 5.41) is 26.7. The van der Waals surface area contributed by atoms with E-state index in [-0.39, 0.29) is 51.3 Å². The number of nitro benzene ring substituents is 1. The van der Waals surface area contributed by atoms with E-state index in [0.29, 0.717) is 0 Å². The molecule has 0 bridgehead atoms. The molecule has 2 aromatic rings. The Bertz CT molecular complexity index is 1200. The summed E-state index contributed by atoms with van der Waals surface area (Å²) in [5.41, 5.74) is -1.68. The third-order valence-electron chi connectivity index (χ3n) is 5.71. The average molecular weight is 523 g/mol. The van der Waals surface area contributed by atoms with Crippen LogP contribution in [-0.4, -0.2) is 35.2 Å². The van der Waals surface area contributed by atoms with Crippen LogP contribution in [0.3, 0.4) is 0 Å². The summed E-state index contributed by atoms with van der Waals surface area (Å²) < 4.78 is 10.5. The van der Waals surface area contributed by atoms with Crippen molar-refractivity contribution in [3.63, 3.8) is 0 Å². The van der Waals surface area contributed by atoms with Gasteiger partial charge in [0, 0.05) is 29.3 Å². The number of benzene rings is 2. The van der Waals surface area contributed by atoms with E-state index in [9.17, 15) is 24.8 Å². The topological polar surface area (TPSA) is 128 Å². The van der Waals surface area contributed by atoms with Crippen molar-refractivity contribution in [1.29, 1.82) is 0 Å². The van der Waals surface area contributed by atoms with Gasteiger partial charge in [0.2, 0.25) is 0 Å². The lowest BCUT2D eigenvalue weighted by Crippen LogP contribution is -2.57. The molecule has 2 aromatic carbocycles. The third-order valence-corrected chi connectivity index (χ3v) is 6.45. The van der Waals surface area contributed by atoms with Crippen molar-refractivity contribution in [1.82, 2.24) is 5.32 Å². The Labute approximate surface area is 211 Å². The number of hydrogen-bond donors (Lipinski definition) is 2. The molecule has 1 aliphatic heterocycles. The van der Waals surface area contributed by atoms with Gasteiger partial charge in [0.15, 0.2) is 5.72 Å².